The standard InChI is InChI=1S/C16H23N/c1-14(17-16-10-6-3-7-11-16)12-13-15-8-4-2-5-9-15/h2,4-5,8-9,12-14,16-17H,3,6-7,10-11H2,1H3/b13-12+/t14-/m0/s1. The van der Waals surface area contributed by atoms with Crippen molar-refractivity contribution in [1.82, 2.24) is 5.32 Å². The molecule has 1 aromatic carbocycles. The van der Waals surface area contributed by atoms with Crippen LogP contribution in [0.1, 0.15) is 44.6 Å². The van der Waals surface area contributed by atoms with Crippen LogP contribution in [0.3, 0.4) is 0 Å². The molecule has 1 fully saturated rings. The fourth-order valence-corrected chi connectivity index (χ4v) is 2.52. The van der Waals surface area contributed by atoms with Gasteiger partial charge in [-0.25, -0.2) is 0 Å². The third kappa shape index (κ3) is 4.35. The van der Waals surface area contributed by atoms with E-state index in [1.54, 1.807) is 0 Å². The molecule has 0 radical (unpaired) electrons. The van der Waals surface area contributed by atoms with Gasteiger partial charge < -0.3 is 5.32 Å². The molecule has 0 unspecified atom stereocenters. The zero-order chi connectivity index (χ0) is 11.9. The average Bonchev–Trinajstić information content (AvgIpc) is 2.39. The van der Waals surface area contributed by atoms with Crippen molar-refractivity contribution in [2.75, 3.05) is 0 Å². The quantitative estimate of drug-likeness (QED) is 0.822. The fraction of sp³-hybridized carbons (Fsp3) is 0.500. The van der Waals surface area contributed by atoms with Crippen LogP contribution < -0.4 is 5.32 Å². The topological polar surface area (TPSA) is 12.0 Å². The summed E-state index contributed by atoms with van der Waals surface area (Å²) >= 11 is 0. The van der Waals surface area contributed by atoms with Gasteiger partial charge in [0.1, 0.15) is 0 Å². The van der Waals surface area contributed by atoms with Crippen molar-refractivity contribution in [3.63, 3.8) is 0 Å². The maximum atomic E-state index is 3.70. The number of nitrogens with one attached hydrogen (secondary N) is 1. The van der Waals surface area contributed by atoms with E-state index in [9.17, 15) is 0 Å². The molecule has 17 heavy (non-hydrogen) atoms. The molecule has 1 aliphatic carbocycles. The minimum Gasteiger partial charge on any atom is -0.308 e. The summed E-state index contributed by atoms with van der Waals surface area (Å²) in [7, 11) is 0. The summed E-state index contributed by atoms with van der Waals surface area (Å²) < 4.78 is 0. The van der Waals surface area contributed by atoms with Crippen LogP contribution in [-0.2, 0) is 0 Å². The van der Waals surface area contributed by atoms with E-state index in [0.29, 0.717) is 6.04 Å². The third-order valence-electron chi connectivity index (χ3n) is 3.48. The minimum absolute atomic E-state index is 0.471. The Morgan fingerprint density at radius 1 is 1.12 bits per heavy atom. The zero-order valence-electron chi connectivity index (χ0n) is 10.7. The van der Waals surface area contributed by atoms with Gasteiger partial charge in [0.15, 0.2) is 0 Å². The number of rotatable bonds is 4. The molecule has 1 saturated carbocycles. The molecular formula is C16H23N. The van der Waals surface area contributed by atoms with Gasteiger partial charge in [-0.1, -0.05) is 61.7 Å². The first-order chi connectivity index (χ1) is 8.34. The second kappa shape index (κ2) is 6.61. The van der Waals surface area contributed by atoms with E-state index in [1.807, 2.05) is 0 Å². The van der Waals surface area contributed by atoms with E-state index in [-0.39, 0.29) is 0 Å². The Morgan fingerprint density at radius 3 is 2.53 bits per heavy atom. The van der Waals surface area contributed by atoms with Crippen LogP contribution in [0.2, 0.25) is 0 Å². The molecule has 1 aromatic rings. The molecule has 0 aromatic heterocycles. The molecule has 0 saturated heterocycles. The van der Waals surface area contributed by atoms with Gasteiger partial charge in [0.05, 0.1) is 0 Å². The van der Waals surface area contributed by atoms with E-state index >= 15 is 0 Å². The highest BCUT2D eigenvalue weighted by molar-refractivity contribution is 5.49. The zero-order valence-corrected chi connectivity index (χ0v) is 10.7. The summed E-state index contributed by atoms with van der Waals surface area (Å²) in [6, 6.07) is 11.7. The van der Waals surface area contributed by atoms with E-state index < -0.39 is 0 Å². The monoisotopic (exact) mass is 229 g/mol. The normalized spacial score (nSPS) is 19.6. The number of benzene rings is 1. The lowest BCUT2D eigenvalue weighted by atomic mass is 9.95. The van der Waals surface area contributed by atoms with Gasteiger partial charge in [-0.15, -0.1) is 0 Å². The van der Waals surface area contributed by atoms with Gasteiger partial charge in [0.2, 0.25) is 0 Å². The molecule has 1 atom stereocenters. The lowest BCUT2D eigenvalue weighted by molar-refractivity contribution is 0.362. The average molecular weight is 229 g/mol. The van der Waals surface area contributed by atoms with Crippen LogP contribution in [0.5, 0.6) is 0 Å². The SMILES string of the molecule is C[C@@H](/C=C/c1ccccc1)NC1CCCCC1. The van der Waals surface area contributed by atoms with E-state index in [4.69, 9.17) is 0 Å². The van der Waals surface area contributed by atoms with Crippen LogP contribution in [0.15, 0.2) is 36.4 Å². The van der Waals surface area contributed by atoms with Crippen molar-refractivity contribution < 1.29 is 0 Å². The highest BCUT2D eigenvalue weighted by Crippen LogP contribution is 2.18. The third-order valence-corrected chi connectivity index (χ3v) is 3.48. The Balaban J connectivity index is 1.80. The summed E-state index contributed by atoms with van der Waals surface area (Å²) in [6.45, 7) is 2.24. The molecule has 1 N–H and O–H groups in total. The van der Waals surface area contributed by atoms with Crippen LogP contribution in [0, 0.1) is 0 Å². The second-order valence-corrected chi connectivity index (χ2v) is 5.06. The van der Waals surface area contributed by atoms with Gasteiger partial charge in [-0.05, 0) is 25.3 Å². The second-order valence-electron chi connectivity index (χ2n) is 5.06. The molecule has 0 spiro atoms. The van der Waals surface area contributed by atoms with Crippen molar-refractivity contribution in [3.05, 3.63) is 42.0 Å². The number of hydrogen-bond donors (Lipinski definition) is 1. The van der Waals surface area contributed by atoms with Gasteiger partial charge in [0, 0.05) is 12.1 Å². The highest BCUT2D eigenvalue weighted by atomic mass is 14.9. The molecule has 0 amide bonds. The first-order valence-corrected chi connectivity index (χ1v) is 6.84. The van der Waals surface area contributed by atoms with Crippen LogP contribution in [0.4, 0.5) is 0 Å². The van der Waals surface area contributed by atoms with Crippen molar-refractivity contribution >= 4 is 6.08 Å². The first kappa shape index (κ1) is 12.4. The number of hydrogen-bond acceptors (Lipinski definition) is 1. The smallest absolute Gasteiger partial charge is 0.0227 e. The molecular weight excluding hydrogens is 206 g/mol. The maximum Gasteiger partial charge on any atom is 0.0227 e. The Morgan fingerprint density at radius 2 is 1.82 bits per heavy atom. The minimum atomic E-state index is 0.471. The van der Waals surface area contributed by atoms with Crippen LogP contribution in [0.25, 0.3) is 6.08 Å². The van der Waals surface area contributed by atoms with E-state index in [2.05, 4.69) is 54.7 Å². The Bertz CT molecular complexity index is 336. The van der Waals surface area contributed by atoms with Crippen molar-refractivity contribution in [2.24, 2.45) is 0 Å². The van der Waals surface area contributed by atoms with Crippen molar-refractivity contribution in [1.29, 1.82) is 0 Å². The maximum absolute atomic E-state index is 3.70. The van der Waals surface area contributed by atoms with Gasteiger partial charge in [-0.3, -0.25) is 0 Å². The lowest BCUT2D eigenvalue weighted by Crippen LogP contribution is -2.36. The van der Waals surface area contributed by atoms with Gasteiger partial charge in [0.25, 0.3) is 0 Å². The Hall–Kier alpha value is -1.08. The van der Waals surface area contributed by atoms with Gasteiger partial charge in [-0.2, -0.15) is 0 Å². The predicted molar refractivity (Wildman–Crippen MR) is 74.9 cm³/mol. The van der Waals surface area contributed by atoms with Crippen molar-refractivity contribution in [2.45, 2.75) is 51.1 Å². The molecule has 1 nitrogen and oxygen atoms in total. The molecule has 0 aliphatic heterocycles. The summed E-state index contributed by atoms with van der Waals surface area (Å²) in [5, 5.41) is 3.70. The summed E-state index contributed by atoms with van der Waals surface area (Å²) in [4.78, 5) is 0. The lowest BCUT2D eigenvalue weighted by Gasteiger charge is -2.25. The van der Waals surface area contributed by atoms with Crippen molar-refractivity contribution in [3.8, 4) is 0 Å². The predicted octanol–water partition coefficient (Wildman–Crippen LogP) is 4.01. The van der Waals surface area contributed by atoms with E-state index in [1.165, 1.54) is 37.7 Å². The fourth-order valence-electron chi connectivity index (χ4n) is 2.52. The van der Waals surface area contributed by atoms with E-state index in [0.717, 1.165) is 6.04 Å². The van der Waals surface area contributed by atoms with Gasteiger partial charge >= 0.3 is 0 Å². The highest BCUT2D eigenvalue weighted by Gasteiger charge is 2.13. The summed E-state index contributed by atoms with van der Waals surface area (Å²) in [6.07, 6.45) is 11.4. The summed E-state index contributed by atoms with van der Waals surface area (Å²) in [5.41, 5.74) is 1.28. The molecule has 92 valence electrons. The molecule has 1 aliphatic rings. The molecule has 1 heteroatoms. The van der Waals surface area contributed by atoms with Crippen LogP contribution in [-0.4, -0.2) is 12.1 Å². The largest absolute Gasteiger partial charge is 0.308 e. The Labute approximate surface area is 105 Å². The summed E-state index contributed by atoms with van der Waals surface area (Å²) in [5.74, 6) is 0. The first-order valence-electron chi connectivity index (χ1n) is 6.84. The Kier molecular flexibility index (Phi) is 4.81. The molecule has 0 heterocycles. The van der Waals surface area contributed by atoms with Crippen LogP contribution >= 0.6 is 0 Å². The molecule has 0 bridgehead atoms. The molecule has 2 rings (SSSR count).